The third-order valence-corrected chi connectivity index (χ3v) is 6.27. The number of nitrogens with two attached hydrogens (primary N) is 1. The van der Waals surface area contributed by atoms with Crippen LogP contribution in [0.3, 0.4) is 0 Å². The van der Waals surface area contributed by atoms with Gasteiger partial charge in [0, 0.05) is 35.7 Å². The van der Waals surface area contributed by atoms with Crippen molar-refractivity contribution in [3.63, 3.8) is 0 Å². The first-order valence-electron chi connectivity index (χ1n) is 12.9. The van der Waals surface area contributed by atoms with Gasteiger partial charge in [-0.3, -0.25) is 4.79 Å². The minimum atomic E-state index is -4.53. The summed E-state index contributed by atoms with van der Waals surface area (Å²) in [6.45, 7) is 4.18. The van der Waals surface area contributed by atoms with Gasteiger partial charge in [-0.2, -0.15) is 23.1 Å². The molecular weight excluding hydrogens is 605 g/mol. The minimum Gasteiger partial charge on any atom is -0.494 e. The molecular formula is C28H34BrF3N6O3. The number of hydrogen-bond donors (Lipinski definition) is 4. The maximum absolute atomic E-state index is 12.8. The first kappa shape index (κ1) is 31.9. The van der Waals surface area contributed by atoms with Crippen molar-refractivity contribution in [2.75, 3.05) is 42.3 Å². The van der Waals surface area contributed by atoms with Crippen LogP contribution in [0.1, 0.15) is 36.2 Å². The summed E-state index contributed by atoms with van der Waals surface area (Å²) in [5.41, 5.74) is 7.38. The van der Waals surface area contributed by atoms with E-state index in [1.54, 1.807) is 24.3 Å². The highest BCUT2D eigenvalue weighted by molar-refractivity contribution is 9.09. The zero-order valence-electron chi connectivity index (χ0n) is 22.9. The van der Waals surface area contributed by atoms with Crippen molar-refractivity contribution in [1.29, 1.82) is 0 Å². The molecule has 0 unspecified atom stereocenters. The standard InChI is InChI=1S/C28H34BrF3N6O3/c1-27(2,16-33)17-35-25(39)20-6-8-21(9-7-20)36-23-14-24(41-18-28(30,31)32)38-26(37-23)34-15-19-4-10-22(11-5-19)40-13-3-12-29/h4-11,14H,3,12-13,15-18,33H2,1-2H3,(H,35,39)(H2,34,36,37,38). The van der Waals surface area contributed by atoms with Crippen molar-refractivity contribution < 1.29 is 27.4 Å². The summed E-state index contributed by atoms with van der Waals surface area (Å²) < 4.78 is 48.9. The molecule has 0 aliphatic rings. The van der Waals surface area contributed by atoms with Crippen molar-refractivity contribution in [3.8, 4) is 11.6 Å². The van der Waals surface area contributed by atoms with Gasteiger partial charge in [0.15, 0.2) is 6.61 Å². The topological polar surface area (TPSA) is 123 Å². The second-order valence-electron chi connectivity index (χ2n) is 9.96. The molecule has 0 bridgehead atoms. The van der Waals surface area contributed by atoms with E-state index in [-0.39, 0.29) is 29.0 Å². The Morgan fingerprint density at radius 2 is 1.73 bits per heavy atom. The number of ether oxygens (including phenoxy) is 2. The zero-order chi connectivity index (χ0) is 29.9. The first-order valence-corrected chi connectivity index (χ1v) is 14.0. The van der Waals surface area contributed by atoms with E-state index in [4.69, 9.17) is 15.2 Å². The summed E-state index contributed by atoms with van der Waals surface area (Å²) in [6.07, 6.45) is -3.64. The molecule has 13 heteroatoms. The maximum Gasteiger partial charge on any atom is 0.422 e. The molecule has 0 atom stereocenters. The SMILES string of the molecule is CC(C)(CN)CNC(=O)c1ccc(Nc2cc(OCC(F)(F)F)nc(NCc3ccc(OCCCBr)cc3)n2)cc1. The average molecular weight is 640 g/mol. The van der Waals surface area contributed by atoms with E-state index < -0.39 is 12.8 Å². The number of rotatable bonds is 15. The number of aromatic nitrogens is 2. The Balaban J connectivity index is 1.69. The Morgan fingerprint density at radius 1 is 1.02 bits per heavy atom. The summed E-state index contributed by atoms with van der Waals surface area (Å²) in [7, 11) is 0. The number of carbonyl (C=O) groups is 1. The van der Waals surface area contributed by atoms with Gasteiger partial charge in [0.1, 0.15) is 11.6 Å². The van der Waals surface area contributed by atoms with Crippen LogP contribution < -0.4 is 31.2 Å². The van der Waals surface area contributed by atoms with Crippen LogP contribution in [-0.4, -0.2) is 53.7 Å². The van der Waals surface area contributed by atoms with Crippen LogP contribution in [0.15, 0.2) is 54.6 Å². The molecule has 3 aromatic rings. The number of alkyl halides is 4. The number of hydrogen-bond acceptors (Lipinski definition) is 8. The highest BCUT2D eigenvalue weighted by Gasteiger charge is 2.29. The van der Waals surface area contributed by atoms with Gasteiger partial charge in [0.05, 0.1) is 6.61 Å². The van der Waals surface area contributed by atoms with Gasteiger partial charge >= 0.3 is 6.18 Å². The molecule has 0 aliphatic heterocycles. The number of carbonyl (C=O) groups excluding carboxylic acids is 1. The van der Waals surface area contributed by atoms with Gasteiger partial charge in [0.25, 0.3) is 5.91 Å². The number of nitrogens with zero attached hydrogens (tertiary/aromatic N) is 2. The fourth-order valence-corrected chi connectivity index (χ4v) is 3.50. The molecule has 0 saturated heterocycles. The molecule has 1 aromatic heterocycles. The monoisotopic (exact) mass is 638 g/mol. The van der Waals surface area contributed by atoms with Crippen molar-refractivity contribution in [1.82, 2.24) is 15.3 Å². The lowest BCUT2D eigenvalue weighted by Gasteiger charge is -2.22. The fraction of sp³-hybridized carbons (Fsp3) is 0.393. The number of nitrogens with one attached hydrogen (secondary N) is 3. The first-order chi connectivity index (χ1) is 19.5. The molecule has 222 valence electrons. The summed E-state index contributed by atoms with van der Waals surface area (Å²) in [5, 5.41) is 9.75. The summed E-state index contributed by atoms with van der Waals surface area (Å²) in [5.74, 6) is 0.521. The Bertz CT molecular complexity index is 1260. The van der Waals surface area contributed by atoms with Crippen LogP contribution in [0, 0.1) is 5.41 Å². The van der Waals surface area contributed by atoms with Gasteiger partial charge in [-0.25, -0.2) is 0 Å². The predicted molar refractivity (Wildman–Crippen MR) is 156 cm³/mol. The van der Waals surface area contributed by atoms with Crippen molar-refractivity contribution >= 4 is 39.3 Å². The van der Waals surface area contributed by atoms with Gasteiger partial charge in [0.2, 0.25) is 11.8 Å². The molecule has 0 spiro atoms. The molecule has 5 N–H and O–H groups in total. The lowest BCUT2D eigenvalue weighted by molar-refractivity contribution is -0.154. The third kappa shape index (κ3) is 11.4. The number of benzene rings is 2. The smallest absolute Gasteiger partial charge is 0.422 e. The highest BCUT2D eigenvalue weighted by Crippen LogP contribution is 2.24. The van der Waals surface area contributed by atoms with Crippen LogP contribution in [0.2, 0.25) is 0 Å². The quantitative estimate of drug-likeness (QED) is 0.124. The Morgan fingerprint density at radius 3 is 2.37 bits per heavy atom. The number of halogens is 4. The van der Waals surface area contributed by atoms with Crippen molar-refractivity contribution in [2.24, 2.45) is 11.1 Å². The van der Waals surface area contributed by atoms with Gasteiger partial charge in [-0.05, 0) is 60.3 Å². The molecule has 0 aliphatic carbocycles. The molecule has 2 aromatic carbocycles. The number of anilines is 3. The van der Waals surface area contributed by atoms with Crippen LogP contribution in [-0.2, 0) is 6.54 Å². The van der Waals surface area contributed by atoms with E-state index in [1.807, 2.05) is 38.1 Å². The van der Waals surface area contributed by atoms with Crippen LogP contribution in [0.4, 0.5) is 30.6 Å². The van der Waals surface area contributed by atoms with Gasteiger partial charge < -0.3 is 31.2 Å². The Hall–Kier alpha value is -3.58. The minimum absolute atomic E-state index is 0.0725. The second-order valence-corrected chi connectivity index (χ2v) is 10.8. The zero-order valence-corrected chi connectivity index (χ0v) is 24.4. The van der Waals surface area contributed by atoms with Crippen LogP contribution in [0.5, 0.6) is 11.6 Å². The molecule has 0 fully saturated rings. The molecule has 9 nitrogen and oxygen atoms in total. The van der Waals surface area contributed by atoms with Crippen molar-refractivity contribution in [3.05, 3.63) is 65.7 Å². The van der Waals surface area contributed by atoms with E-state index in [0.717, 1.165) is 23.1 Å². The summed E-state index contributed by atoms with van der Waals surface area (Å²) in [4.78, 5) is 20.9. The highest BCUT2D eigenvalue weighted by atomic mass is 79.9. The maximum atomic E-state index is 12.8. The normalized spacial score (nSPS) is 11.6. The van der Waals surface area contributed by atoms with E-state index in [9.17, 15) is 18.0 Å². The molecule has 0 radical (unpaired) electrons. The fourth-order valence-electron chi connectivity index (χ4n) is 3.27. The molecule has 3 rings (SSSR count). The average Bonchev–Trinajstić information content (AvgIpc) is 2.94. The largest absolute Gasteiger partial charge is 0.494 e. The molecule has 1 heterocycles. The lowest BCUT2D eigenvalue weighted by Crippen LogP contribution is -2.38. The molecule has 1 amide bonds. The second kappa shape index (κ2) is 14.9. The van der Waals surface area contributed by atoms with E-state index in [0.29, 0.717) is 37.5 Å². The van der Waals surface area contributed by atoms with E-state index in [2.05, 4.69) is 41.8 Å². The Labute approximate surface area is 245 Å². The third-order valence-electron chi connectivity index (χ3n) is 5.71. The van der Waals surface area contributed by atoms with Gasteiger partial charge in [-0.1, -0.05) is 41.9 Å². The molecule has 0 saturated carbocycles. The molecule has 41 heavy (non-hydrogen) atoms. The predicted octanol–water partition coefficient (Wildman–Crippen LogP) is 5.65. The van der Waals surface area contributed by atoms with E-state index in [1.165, 1.54) is 6.07 Å². The van der Waals surface area contributed by atoms with Crippen LogP contribution >= 0.6 is 15.9 Å². The van der Waals surface area contributed by atoms with Gasteiger partial charge in [-0.15, -0.1) is 0 Å². The van der Waals surface area contributed by atoms with Crippen LogP contribution in [0.25, 0.3) is 0 Å². The van der Waals surface area contributed by atoms with E-state index >= 15 is 0 Å². The summed E-state index contributed by atoms with van der Waals surface area (Å²) >= 11 is 3.36. The Kier molecular flexibility index (Phi) is 11.6. The number of amides is 1. The lowest BCUT2D eigenvalue weighted by atomic mass is 9.94. The van der Waals surface area contributed by atoms with Crippen molar-refractivity contribution in [2.45, 2.75) is 33.0 Å². The summed E-state index contributed by atoms with van der Waals surface area (Å²) in [6, 6.07) is 15.3.